The van der Waals surface area contributed by atoms with Gasteiger partial charge in [0.25, 0.3) is 0 Å². The molecule has 1 N–H and O–H groups in total. The number of rotatable bonds is 0. The summed E-state index contributed by atoms with van der Waals surface area (Å²) in [5, 5.41) is 9.38. The first-order valence-corrected chi connectivity index (χ1v) is 4.35. The van der Waals surface area contributed by atoms with Crippen molar-refractivity contribution in [3.05, 3.63) is 0 Å². The van der Waals surface area contributed by atoms with E-state index in [1.807, 2.05) is 0 Å². The second-order valence-electron chi connectivity index (χ2n) is 3.90. The van der Waals surface area contributed by atoms with Crippen LogP contribution in [0.15, 0.2) is 0 Å². The molecular formula is C8H11F3O2. The number of ether oxygens (including phenoxy) is 1. The van der Waals surface area contributed by atoms with E-state index in [-0.39, 0.29) is 12.8 Å². The molecule has 2 aliphatic heterocycles. The van der Waals surface area contributed by atoms with Crippen LogP contribution in [0.5, 0.6) is 0 Å². The Bertz CT molecular complexity index is 202. The van der Waals surface area contributed by atoms with E-state index in [1.165, 1.54) is 0 Å². The second kappa shape index (κ2) is 2.60. The fraction of sp³-hybridized carbons (Fsp3) is 1.00. The standard InChI is InChI=1S/C8H11F3O2/c9-8(10,11)7(12)3-5-1-2-6(4-7)13-5/h5-6,12H,1-4H2. The maximum atomic E-state index is 12.4. The van der Waals surface area contributed by atoms with Crippen LogP contribution in [0.2, 0.25) is 0 Å². The largest absolute Gasteiger partial charge is 0.417 e. The van der Waals surface area contributed by atoms with E-state index in [2.05, 4.69) is 0 Å². The molecule has 2 heterocycles. The van der Waals surface area contributed by atoms with Crippen molar-refractivity contribution < 1.29 is 23.0 Å². The Hall–Kier alpha value is -0.290. The molecule has 2 rings (SSSR count). The molecule has 2 nitrogen and oxygen atoms in total. The van der Waals surface area contributed by atoms with Gasteiger partial charge in [0.05, 0.1) is 12.2 Å². The van der Waals surface area contributed by atoms with Crippen molar-refractivity contribution in [2.24, 2.45) is 0 Å². The number of hydrogen-bond acceptors (Lipinski definition) is 2. The number of fused-ring (bicyclic) bond motifs is 2. The van der Waals surface area contributed by atoms with Gasteiger partial charge in [-0.1, -0.05) is 0 Å². The van der Waals surface area contributed by atoms with Crippen LogP contribution in [0.3, 0.4) is 0 Å². The van der Waals surface area contributed by atoms with Gasteiger partial charge in [0.1, 0.15) is 0 Å². The molecule has 0 aromatic heterocycles. The van der Waals surface area contributed by atoms with Gasteiger partial charge in [-0.15, -0.1) is 0 Å². The summed E-state index contributed by atoms with van der Waals surface area (Å²) < 4.78 is 42.4. The normalized spacial score (nSPS) is 45.2. The predicted octanol–water partition coefficient (Wildman–Crippen LogP) is 1.62. The van der Waals surface area contributed by atoms with E-state index in [4.69, 9.17) is 4.74 Å². The first kappa shape index (κ1) is 9.27. The fourth-order valence-electron chi connectivity index (χ4n) is 2.15. The molecule has 5 heteroatoms. The summed E-state index contributed by atoms with van der Waals surface area (Å²) >= 11 is 0. The van der Waals surface area contributed by atoms with Crippen LogP contribution in [0.4, 0.5) is 13.2 Å². The third-order valence-electron chi connectivity index (χ3n) is 2.85. The highest BCUT2D eigenvalue weighted by atomic mass is 19.4. The van der Waals surface area contributed by atoms with Gasteiger partial charge < -0.3 is 9.84 Å². The quantitative estimate of drug-likeness (QED) is 0.638. The van der Waals surface area contributed by atoms with E-state index in [0.717, 1.165) is 0 Å². The SMILES string of the molecule is OC1(C(F)(F)F)CC2CCC(C1)O2. The van der Waals surface area contributed by atoms with Gasteiger partial charge in [-0.2, -0.15) is 13.2 Å². The minimum Gasteiger partial charge on any atom is -0.380 e. The molecule has 0 radical (unpaired) electrons. The molecule has 2 bridgehead atoms. The van der Waals surface area contributed by atoms with Crippen molar-refractivity contribution in [2.45, 2.75) is 49.7 Å². The van der Waals surface area contributed by atoms with Gasteiger partial charge >= 0.3 is 6.18 Å². The maximum absolute atomic E-state index is 12.4. The number of halogens is 3. The summed E-state index contributed by atoms with van der Waals surface area (Å²) in [5.41, 5.74) is -2.50. The number of aliphatic hydroxyl groups is 1. The Morgan fingerprint density at radius 2 is 1.62 bits per heavy atom. The average molecular weight is 196 g/mol. The van der Waals surface area contributed by atoms with Crippen LogP contribution >= 0.6 is 0 Å². The van der Waals surface area contributed by atoms with Crippen LogP contribution in [-0.2, 0) is 4.74 Å². The summed E-state index contributed by atoms with van der Waals surface area (Å²) in [6.45, 7) is 0. The minimum atomic E-state index is -4.52. The highest BCUT2D eigenvalue weighted by Gasteiger charge is 2.59. The molecule has 2 aliphatic rings. The van der Waals surface area contributed by atoms with Crippen molar-refractivity contribution in [3.8, 4) is 0 Å². The molecule has 0 amide bonds. The molecular weight excluding hydrogens is 185 g/mol. The zero-order chi connectivity index (χ0) is 9.69. The van der Waals surface area contributed by atoms with Gasteiger partial charge in [0, 0.05) is 12.8 Å². The zero-order valence-electron chi connectivity index (χ0n) is 6.97. The summed E-state index contributed by atoms with van der Waals surface area (Å²) in [6.07, 6.45) is -4.63. The van der Waals surface area contributed by atoms with E-state index in [0.29, 0.717) is 12.8 Å². The molecule has 2 fully saturated rings. The van der Waals surface area contributed by atoms with Crippen molar-refractivity contribution in [1.29, 1.82) is 0 Å². The molecule has 0 spiro atoms. The molecule has 13 heavy (non-hydrogen) atoms. The number of hydrogen-bond donors (Lipinski definition) is 1. The lowest BCUT2D eigenvalue weighted by Crippen LogP contribution is -2.51. The van der Waals surface area contributed by atoms with E-state index in [1.54, 1.807) is 0 Å². The van der Waals surface area contributed by atoms with Gasteiger partial charge in [0.15, 0.2) is 5.60 Å². The lowest BCUT2D eigenvalue weighted by molar-refractivity contribution is -0.290. The van der Waals surface area contributed by atoms with E-state index >= 15 is 0 Å². The molecule has 76 valence electrons. The molecule has 0 aliphatic carbocycles. The second-order valence-corrected chi connectivity index (χ2v) is 3.90. The first-order valence-electron chi connectivity index (χ1n) is 4.35. The van der Waals surface area contributed by atoms with Crippen molar-refractivity contribution in [3.63, 3.8) is 0 Å². The minimum absolute atomic E-state index is 0.299. The lowest BCUT2D eigenvalue weighted by atomic mass is 9.90. The third-order valence-corrected chi connectivity index (χ3v) is 2.85. The number of alkyl halides is 3. The lowest BCUT2D eigenvalue weighted by Gasteiger charge is -2.37. The molecule has 2 saturated heterocycles. The predicted molar refractivity (Wildman–Crippen MR) is 38.1 cm³/mol. The monoisotopic (exact) mass is 196 g/mol. The Labute approximate surface area is 73.7 Å². The third kappa shape index (κ3) is 1.44. The average Bonchev–Trinajstić information content (AvgIpc) is 2.28. The smallest absolute Gasteiger partial charge is 0.380 e. The summed E-state index contributed by atoms with van der Waals surface area (Å²) in [7, 11) is 0. The Kier molecular flexibility index (Phi) is 1.86. The molecule has 0 aromatic rings. The van der Waals surface area contributed by atoms with Crippen LogP contribution < -0.4 is 0 Å². The molecule has 2 unspecified atom stereocenters. The summed E-state index contributed by atoms with van der Waals surface area (Å²) in [4.78, 5) is 0. The topological polar surface area (TPSA) is 29.5 Å². The van der Waals surface area contributed by atoms with Crippen LogP contribution in [0, 0.1) is 0 Å². The van der Waals surface area contributed by atoms with E-state index < -0.39 is 24.0 Å². The van der Waals surface area contributed by atoms with Crippen molar-refractivity contribution in [1.82, 2.24) is 0 Å². The molecule has 0 saturated carbocycles. The van der Waals surface area contributed by atoms with Crippen LogP contribution in [0.1, 0.15) is 25.7 Å². The molecule has 2 atom stereocenters. The van der Waals surface area contributed by atoms with Gasteiger partial charge in [-0.3, -0.25) is 0 Å². The molecule has 0 aromatic carbocycles. The summed E-state index contributed by atoms with van der Waals surface area (Å²) in [6, 6.07) is 0. The highest BCUT2D eigenvalue weighted by Crippen LogP contribution is 2.46. The van der Waals surface area contributed by atoms with Gasteiger partial charge in [0.2, 0.25) is 0 Å². The first-order chi connectivity index (χ1) is 5.91. The zero-order valence-corrected chi connectivity index (χ0v) is 6.97. The Balaban J connectivity index is 2.17. The van der Waals surface area contributed by atoms with Crippen LogP contribution in [0.25, 0.3) is 0 Å². The summed E-state index contributed by atoms with van der Waals surface area (Å²) in [5.74, 6) is 0. The van der Waals surface area contributed by atoms with Crippen molar-refractivity contribution in [2.75, 3.05) is 0 Å². The van der Waals surface area contributed by atoms with Gasteiger partial charge in [-0.25, -0.2) is 0 Å². The van der Waals surface area contributed by atoms with Gasteiger partial charge in [-0.05, 0) is 12.8 Å². The Morgan fingerprint density at radius 1 is 1.15 bits per heavy atom. The van der Waals surface area contributed by atoms with Crippen LogP contribution in [-0.4, -0.2) is 29.1 Å². The Morgan fingerprint density at radius 3 is 2.00 bits per heavy atom. The maximum Gasteiger partial charge on any atom is 0.417 e. The van der Waals surface area contributed by atoms with Crippen molar-refractivity contribution >= 4 is 0 Å². The highest BCUT2D eigenvalue weighted by molar-refractivity contribution is 4.98. The van der Waals surface area contributed by atoms with E-state index in [9.17, 15) is 18.3 Å². The fourth-order valence-corrected chi connectivity index (χ4v) is 2.15.